The summed E-state index contributed by atoms with van der Waals surface area (Å²) in [4.78, 5) is 20.0. The molecule has 7 nitrogen and oxygen atoms in total. The SMILES string of the molecule is COc1n[nH]c(NC(=O)c2csc(C(C)C)n2)n1. The highest BCUT2D eigenvalue weighted by Crippen LogP contribution is 2.19. The number of nitrogens with one attached hydrogen (secondary N) is 2. The maximum Gasteiger partial charge on any atom is 0.336 e. The van der Waals surface area contributed by atoms with Crippen LogP contribution in [0, 0.1) is 0 Å². The molecule has 2 N–H and O–H groups in total. The molecule has 0 aromatic carbocycles. The predicted molar refractivity (Wildman–Crippen MR) is 67.1 cm³/mol. The Morgan fingerprint density at radius 3 is 2.83 bits per heavy atom. The molecule has 0 aliphatic carbocycles. The highest BCUT2D eigenvalue weighted by Gasteiger charge is 2.14. The molecule has 0 fully saturated rings. The Balaban J connectivity index is 2.06. The van der Waals surface area contributed by atoms with E-state index in [1.165, 1.54) is 18.4 Å². The molecule has 0 unspecified atom stereocenters. The number of rotatable bonds is 4. The first-order valence-corrected chi connectivity index (χ1v) is 6.21. The molecule has 2 aromatic heterocycles. The number of carbonyl (C=O) groups excluding carboxylic acids is 1. The average Bonchev–Trinajstić information content (AvgIpc) is 2.97. The van der Waals surface area contributed by atoms with Crippen LogP contribution < -0.4 is 10.1 Å². The molecule has 0 spiro atoms. The first-order chi connectivity index (χ1) is 8.60. The quantitative estimate of drug-likeness (QED) is 0.878. The molecule has 0 aliphatic heterocycles. The van der Waals surface area contributed by atoms with Crippen molar-refractivity contribution in [1.29, 1.82) is 0 Å². The Morgan fingerprint density at radius 2 is 2.28 bits per heavy atom. The van der Waals surface area contributed by atoms with Crippen LogP contribution in [-0.4, -0.2) is 33.2 Å². The molecular formula is C10H13N5O2S. The van der Waals surface area contributed by atoms with Gasteiger partial charge in [-0.1, -0.05) is 13.8 Å². The summed E-state index contributed by atoms with van der Waals surface area (Å²) in [5, 5.41) is 11.5. The smallest absolute Gasteiger partial charge is 0.336 e. The molecule has 96 valence electrons. The first-order valence-electron chi connectivity index (χ1n) is 5.33. The third-order valence-electron chi connectivity index (χ3n) is 2.13. The van der Waals surface area contributed by atoms with Gasteiger partial charge >= 0.3 is 6.01 Å². The lowest BCUT2D eigenvalue weighted by Gasteiger charge is -1.98. The van der Waals surface area contributed by atoms with Crippen molar-refractivity contribution in [3.8, 4) is 6.01 Å². The molecule has 2 aromatic rings. The molecule has 0 saturated carbocycles. The number of methoxy groups -OCH3 is 1. The molecule has 2 rings (SSSR count). The van der Waals surface area contributed by atoms with Crippen molar-refractivity contribution in [3.63, 3.8) is 0 Å². The summed E-state index contributed by atoms with van der Waals surface area (Å²) in [6.07, 6.45) is 0. The van der Waals surface area contributed by atoms with Crippen molar-refractivity contribution in [3.05, 3.63) is 16.1 Å². The molecular weight excluding hydrogens is 254 g/mol. The van der Waals surface area contributed by atoms with Crippen LogP contribution in [0.2, 0.25) is 0 Å². The van der Waals surface area contributed by atoms with Gasteiger partial charge in [0.05, 0.1) is 12.1 Å². The van der Waals surface area contributed by atoms with Crippen molar-refractivity contribution >= 4 is 23.2 Å². The zero-order chi connectivity index (χ0) is 13.1. The molecule has 8 heteroatoms. The number of aromatic nitrogens is 4. The minimum atomic E-state index is -0.322. The van der Waals surface area contributed by atoms with Crippen LogP contribution in [-0.2, 0) is 0 Å². The molecule has 0 bridgehead atoms. The monoisotopic (exact) mass is 267 g/mol. The van der Waals surface area contributed by atoms with E-state index in [2.05, 4.69) is 25.5 Å². The zero-order valence-corrected chi connectivity index (χ0v) is 11.0. The van der Waals surface area contributed by atoms with Gasteiger partial charge < -0.3 is 4.74 Å². The van der Waals surface area contributed by atoms with Gasteiger partial charge in [-0.2, -0.15) is 4.98 Å². The number of nitrogens with zero attached hydrogens (tertiary/aromatic N) is 3. The van der Waals surface area contributed by atoms with Gasteiger partial charge in [0.25, 0.3) is 5.91 Å². The number of amides is 1. The van der Waals surface area contributed by atoms with E-state index in [4.69, 9.17) is 4.74 Å². The van der Waals surface area contributed by atoms with Gasteiger partial charge in [0.2, 0.25) is 5.95 Å². The van der Waals surface area contributed by atoms with Crippen molar-refractivity contribution < 1.29 is 9.53 Å². The van der Waals surface area contributed by atoms with E-state index in [1.54, 1.807) is 5.38 Å². The summed E-state index contributed by atoms with van der Waals surface area (Å²) in [7, 11) is 1.45. The van der Waals surface area contributed by atoms with Gasteiger partial charge in [-0.05, 0) is 0 Å². The third kappa shape index (κ3) is 2.65. The highest BCUT2D eigenvalue weighted by molar-refractivity contribution is 7.09. The van der Waals surface area contributed by atoms with E-state index in [1.807, 2.05) is 13.8 Å². The fourth-order valence-corrected chi connectivity index (χ4v) is 2.04. The molecule has 0 radical (unpaired) electrons. The number of aromatic amines is 1. The Labute approximate surface area is 108 Å². The summed E-state index contributed by atoms with van der Waals surface area (Å²) >= 11 is 1.46. The maximum absolute atomic E-state index is 11.9. The highest BCUT2D eigenvalue weighted by atomic mass is 32.1. The Bertz CT molecular complexity index is 548. The fourth-order valence-electron chi connectivity index (χ4n) is 1.22. The normalized spacial score (nSPS) is 10.7. The predicted octanol–water partition coefficient (Wildman–Crippen LogP) is 1.65. The van der Waals surface area contributed by atoms with Gasteiger partial charge in [0.15, 0.2) is 0 Å². The van der Waals surface area contributed by atoms with Crippen molar-refractivity contribution in [2.24, 2.45) is 0 Å². The first kappa shape index (κ1) is 12.5. The lowest BCUT2D eigenvalue weighted by molar-refractivity contribution is 0.102. The zero-order valence-electron chi connectivity index (χ0n) is 10.2. The van der Waals surface area contributed by atoms with Gasteiger partial charge in [0, 0.05) is 11.3 Å². The van der Waals surface area contributed by atoms with E-state index >= 15 is 0 Å². The lowest BCUT2D eigenvalue weighted by Crippen LogP contribution is -2.13. The maximum atomic E-state index is 11.9. The number of thiazole rings is 1. The van der Waals surface area contributed by atoms with Crippen molar-refractivity contribution in [2.75, 3.05) is 12.4 Å². The van der Waals surface area contributed by atoms with Gasteiger partial charge in [-0.25, -0.2) is 10.1 Å². The van der Waals surface area contributed by atoms with Crippen molar-refractivity contribution in [1.82, 2.24) is 20.2 Å². The standard InChI is InChI=1S/C10H13N5O2S/c1-5(2)8-11-6(4-18-8)7(16)12-9-13-10(17-3)15-14-9/h4-5H,1-3H3,(H2,12,13,14,15,16). The molecule has 0 aliphatic rings. The topological polar surface area (TPSA) is 92.8 Å². The average molecular weight is 267 g/mol. The molecule has 18 heavy (non-hydrogen) atoms. The summed E-state index contributed by atoms with van der Waals surface area (Å²) < 4.78 is 4.80. The minimum Gasteiger partial charge on any atom is -0.466 e. The fraction of sp³-hybridized carbons (Fsp3) is 0.400. The van der Waals surface area contributed by atoms with Crippen LogP contribution in [0.4, 0.5) is 5.95 Å². The number of hydrogen-bond acceptors (Lipinski definition) is 6. The second-order valence-corrected chi connectivity index (χ2v) is 4.74. The molecule has 2 heterocycles. The molecule has 0 saturated heterocycles. The summed E-state index contributed by atoms with van der Waals surface area (Å²) in [5.41, 5.74) is 0.374. The lowest BCUT2D eigenvalue weighted by atomic mass is 10.2. The number of ether oxygens (including phenoxy) is 1. The van der Waals surface area contributed by atoms with E-state index < -0.39 is 0 Å². The number of H-pyrrole nitrogens is 1. The second kappa shape index (κ2) is 5.13. The van der Waals surface area contributed by atoms with Crippen LogP contribution in [0.25, 0.3) is 0 Å². The van der Waals surface area contributed by atoms with Gasteiger partial charge in [0.1, 0.15) is 5.69 Å². The summed E-state index contributed by atoms with van der Waals surface area (Å²) in [5.74, 6) is 0.217. The van der Waals surface area contributed by atoms with Crippen molar-refractivity contribution in [2.45, 2.75) is 19.8 Å². The summed E-state index contributed by atoms with van der Waals surface area (Å²) in [6.45, 7) is 4.06. The summed E-state index contributed by atoms with van der Waals surface area (Å²) in [6, 6.07) is 0.173. The number of carbonyl (C=O) groups is 1. The van der Waals surface area contributed by atoms with Crippen LogP contribution in [0.3, 0.4) is 0 Å². The Morgan fingerprint density at radius 1 is 1.50 bits per heavy atom. The largest absolute Gasteiger partial charge is 0.466 e. The Kier molecular flexibility index (Phi) is 3.56. The van der Waals surface area contributed by atoms with Crippen LogP contribution in [0.15, 0.2) is 5.38 Å². The molecule has 1 amide bonds. The van der Waals surface area contributed by atoms with Crippen LogP contribution in [0.5, 0.6) is 6.01 Å². The number of anilines is 1. The third-order valence-corrected chi connectivity index (χ3v) is 3.27. The second-order valence-electron chi connectivity index (χ2n) is 3.85. The number of hydrogen-bond donors (Lipinski definition) is 2. The van der Waals surface area contributed by atoms with Crippen LogP contribution in [0.1, 0.15) is 35.3 Å². The van der Waals surface area contributed by atoms with Gasteiger partial charge in [-0.15, -0.1) is 16.4 Å². The van der Waals surface area contributed by atoms with E-state index in [-0.39, 0.29) is 17.9 Å². The Hall–Kier alpha value is -1.96. The van der Waals surface area contributed by atoms with E-state index in [0.717, 1.165) is 5.01 Å². The van der Waals surface area contributed by atoms with Gasteiger partial charge in [-0.3, -0.25) is 10.1 Å². The van der Waals surface area contributed by atoms with Crippen LogP contribution >= 0.6 is 11.3 Å². The van der Waals surface area contributed by atoms with E-state index in [0.29, 0.717) is 11.6 Å². The van der Waals surface area contributed by atoms with E-state index in [9.17, 15) is 4.79 Å². The minimum absolute atomic E-state index is 0.173. The molecule has 0 atom stereocenters.